The predicted octanol–water partition coefficient (Wildman–Crippen LogP) is 9.37. The molecular weight excluding hydrogens is 1320 g/mol. The average Bonchev–Trinajstić information content (AvgIpc) is 1.86. The fourth-order valence-corrected chi connectivity index (χ4v) is 11.9. The smallest absolute Gasteiger partial charge is 0.338 e. The highest BCUT2D eigenvalue weighted by molar-refractivity contribution is 7.94. The number of azo groups is 4. The van der Waals surface area contributed by atoms with Crippen LogP contribution < -0.4 is 10.5 Å². The highest BCUT2D eigenvalue weighted by atomic mass is 32.2. The van der Waals surface area contributed by atoms with Crippen molar-refractivity contribution in [3.05, 3.63) is 112 Å². The number of aromatic hydroxyl groups is 3. The van der Waals surface area contributed by atoms with Gasteiger partial charge in [0, 0.05) is 34.4 Å². The number of fused-ring (bicyclic) bond motifs is 2. The SMILES string of the molecule is [C-]#[N+]c1nn(-c2ccc(OC)cc2S(=O)(=O)O)c(O)c1N=Nc1ccc(N=Nc2c(S(=O)(=O)O)cc3c(S(=O)(=O)O)c(N=Nc4cc(S(=O)(=O)O)c5cc(SOOO)c(N=Nc6ccc([N+](=O)[O-])cc6S(=O)(=O)O)c(O)c5c4N)ccc3c2O)cc1C(=O)O. The molecular formula is C44H29N13O26S6. The van der Waals surface area contributed by atoms with Crippen LogP contribution in [0.5, 0.6) is 23.1 Å². The minimum Gasteiger partial charge on any atom is -0.505 e. The van der Waals surface area contributed by atoms with Crippen molar-refractivity contribution >= 4 is 153 Å². The normalized spacial score (nSPS) is 12.7. The standard InChI is InChI=1S/C44H29N13O26S6/c1-46-42-38(43(60)56(55-42)28-10-5-19(81-2)13-32(28)87(72,73)74)54-48-24-7-3-17(11-22(24)44(61)62)47-53-37-33(88(75,76)77)15-21-20(39(37)58)6-9-26(41(21)89(78,79)80)50-51-27-16-30(85(66,67)68)23-14-29(84-83-82-65)36(40(59)34(23)35(27)45)52-49-25-8-4-18(57(63)64)12-31(25)86(69,70)71/h3-16,58-60,65H,45H2,2H3,(H,61,62)(H,66,67,68)(H,69,70,71)(H,72,73,74)(H,75,76,77)(H,78,79,80). The van der Waals surface area contributed by atoms with E-state index >= 15 is 0 Å². The molecule has 89 heavy (non-hydrogen) atoms. The predicted molar refractivity (Wildman–Crippen MR) is 297 cm³/mol. The van der Waals surface area contributed by atoms with E-state index in [9.17, 15) is 100 Å². The molecule has 0 spiro atoms. The van der Waals surface area contributed by atoms with E-state index < -0.39 is 204 Å². The number of aromatic carboxylic acids is 1. The summed E-state index contributed by atoms with van der Waals surface area (Å²) in [5.74, 6) is -6.08. The van der Waals surface area contributed by atoms with Crippen molar-refractivity contribution < 1.29 is 114 Å². The number of hydrogen-bond acceptors (Lipinski definition) is 31. The molecule has 0 atom stereocenters. The van der Waals surface area contributed by atoms with Crippen molar-refractivity contribution in [2.24, 2.45) is 40.9 Å². The molecule has 462 valence electrons. The Kier molecular flexibility index (Phi) is 17.6. The number of phenolic OH excluding ortho intramolecular Hbond substituents is 2. The molecule has 7 aromatic carbocycles. The van der Waals surface area contributed by atoms with Crippen LogP contribution in [-0.2, 0) is 60.0 Å². The van der Waals surface area contributed by atoms with Gasteiger partial charge in [-0.05, 0) is 71.8 Å². The van der Waals surface area contributed by atoms with Gasteiger partial charge in [-0.25, -0.2) is 10.1 Å². The molecule has 39 nitrogen and oxygen atoms in total. The lowest BCUT2D eigenvalue weighted by Crippen LogP contribution is -2.07. The fourth-order valence-electron chi connectivity index (χ4n) is 7.94. The summed E-state index contributed by atoms with van der Waals surface area (Å²) in [4.78, 5) is 19.2. The summed E-state index contributed by atoms with van der Waals surface area (Å²) in [7, 11) is -26.0. The number of nitrogens with zero attached hydrogens (tertiary/aromatic N) is 12. The van der Waals surface area contributed by atoms with Gasteiger partial charge in [-0.2, -0.15) is 57.4 Å². The van der Waals surface area contributed by atoms with E-state index in [-0.39, 0.29) is 17.8 Å². The van der Waals surface area contributed by atoms with Crippen LogP contribution in [0.4, 0.5) is 62.7 Å². The molecule has 0 bridgehead atoms. The minimum absolute atomic E-state index is 0.0424. The zero-order chi connectivity index (χ0) is 65.6. The number of rotatable bonds is 20. The van der Waals surface area contributed by atoms with Crippen molar-refractivity contribution in [1.29, 1.82) is 0 Å². The Labute approximate surface area is 498 Å². The van der Waals surface area contributed by atoms with Gasteiger partial charge in [0.2, 0.25) is 5.88 Å². The molecule has 0 fully saturated rings. The van der Waals surface area contributed by atoms with Gasteiger partial charge in [-0.15, -0.1) is 34.6 Å². The first-order valence-electron chi connectivity index (χ1n) is 22.7. The van der Waals surface area contributed by atoms with Gasteiger partial charge in [0.25, 0.3) is 56.3 Å². The van der Waals surface area contributed by atoms with Gasteiger partial charge in [0.05, 0.1) is 51.3 Å². The van der Waals surface area contributed by atoms with Gasteiger partial charge in [-0.3, -0.25) is 32.9 Å². The molecule has 0 aliphatic carbocycles. The second kappa shape index (κ2) is 24.2. The number of carboxylic acid groups (broad SMARTS) is 1. The summed E-state index contributed by atoms with van der Waals surface area (Å²) in [5, 5.41) is 98.1. The number of methoxy groups -OCH3 is 1. The summed E-state index contributed by atoms with van der Waals surface area (Å²) in [6, 6.07) is 10.7. The van der Waals surface area contributed by atoms with Crippen molar-refractivity contribution in [2.45, 2.75) is 29.4 Å². The van der Waals surface area contributed by atoms with Crippen molar-refractivity contribution in [3.8, 4) is 28.8 Å². The van der Waals surface area contributed by atoms with Crippen LogP contribution in [0.3, 0.4) is 0 Å². The Hall–Kier alpha value is -10.2. The molecule has 12 N–H and O–H groups in total. The maximum Gasteiger partial charge on any atom is 0.338 e. The average molecular weight is 1350 g/mol. The Bertz CT molecular complexity index is 5170. The number of nitrogens with two attached hydrogens (primary N) is 1. The van der Waals surface area contributed by atoms with E-state index in [1.54, 1.807) is 0 Å². The molecule has 8 rings (SSSR count). The number of carbonyl (C=O) groups is 1. The van der Waals surface area contributed by atoms with E-state index in [1.807, 2.05) is 0 Å². The van der Waals surface area contributed by atoms with E-state index in [4.69, 9.17) is 22.3 Å². The summed E-state index contributed by atoms with van der Waals surface area (Å²) in [6.45, 7) is 7.51. The monoisotopic (exact) mass is 1350 g/mol. The highest BCUT2D eigenvalue weighted by Crippen LogP contribution is 2.51. The fraction of sp³-hybridized carbons (Fsp3) is 0.0227. The molecule has 1 aromatic heterocycles. The molecule has 45 heteroatoms. The quantitative estimate of drug-likeness (QED) is 0.00494. The van der Waals surface area contributed by atoms with Crippen LogP contribution >= 0.6 is 12.0 Å². The molecule has 8 aromatic rings. The molecule has 0 amide bonds. The van der Waals surface area contributed by atoms with E-state index in [0.29, 0.717) is 35.0 Å². The first kappa shape index (κ1) is 64.8. The van der Waals surface area contributed by atoms with E-state index in [2.05, 4.69) is 60.2 Å². The Balaban J connectivity index is 1.21. The van der Waals surface area contributed by atoms with Crippen LogP contribution in [-0.4, -0.2) is 118 Å². The van der Waals surface area contributed by atoms with Gasteiger partial charge >= 0.3 is 11.8 Å². The van der Waals surface area contributed by atoms with Crippen molar-refractivity contribution in [2.75, 3.05) is 12.8 Å². The van der Waals surface area contributed by atoms with Crippen molar-refractivity contribution in [3.63, 3.8) is 0 Å². The summed E-state index contributed by atoms with van der Waals surface area (Å²) in [5.41, 5.74) is -3.10. The van der Waals surface area contributed by atoms with Crippen LogP contribution in [0.2, 0.25) is 0 Å². The topological polar surface area (TPSA) is 608 Å². The van der Waals surface area contributed by atoms with Crippen LogP contribution in [0, 0.1) is 16.7 Å². The van der Waals surface area contributed by atoms with Crippen LogP contribution in [0.1, 0.15) is 10.4 Å². The first-order valence-corrected chi connectivity index (χ1v) is 30.6. The van der Waals surface area contributed by atoms with Gasteiger partial charge in [0.1, 0.15) is 70.0 Å². The number of phenols is 2. The van der Waals surface area contributed by atoms with Gasteiger partial charge < -0.3 is 35.7 Å². The lowest BCUT2D eigenvalue weighted by molar-refractivity contribution is -0.432. The number of non-ortho nitro benzene ring substituents is 1. The van der Waals surface area contributed by atoms with Crippen LogP contribution in [0.15, 0.2) is 155 Å². The molecule has 0 aliphatic heterocycles. The molecule has 0 radical (unpaired) electrons. The Morgan fingerprint density at radius 2 is 1.24 bits per heavy atom. The van der Waals surface area contributed by atoms with Gasteiger partial charge in [0.15, 0.2) is 17.2 Å². The summed E-state index contributed by atoms with van der Waals surface area (Å²) < 4.78 is 187. The van der Waals surface area contributed by atoms with E-state index in [0.717, 1.165) is 48.5 Å². The maximum absolute atomic E-state index is 13.2. The van der Waals surface area contributed by atoms with E-state index in [1.165, 1.54) is 13.2 Å². The molecule has 0 saturated heterocycles. The number of aromatic nitrogens is 2. The molecule has 0 aliphatic rings. The third kappa shape index (κ3) is 13.2. The second-order valence-corrected chi connectivity index (χ2v) is 24.7. The molecule has 0 saturated carbocycles. The number of benzene rings is 7. The van der Waals surface area contributed by atoms with Crippen LogP contribution in [0.25, 0.3) is 32.1 Å². The molecule has 1 heterocycles. The number of nitro groups is 1. The number of nitrogen functional groups attached to an aromatic ring is 1. The number of hydrogen-bond donors (Lipinski definition) is 11. The number of ether oxygens (including phenoxy) is 1. The maximum atomic E-state index is 13.2. The number of nitro benzene ring substituents is 1. The van der Waals surface area contributed by atoms with Crippen molar-refractivity contribution in [1.82, 2.24) is 9.78 Å². The third-order valence-corrected chi connectivity index (χ3v) is 16.8. The highest BCUT2D eigenvalue weighted by Gasteiger charge is 2.32. The zero-order valence-corrected chi connectivity index (χ0v) is 47.9. The second-order valence-electron chi connectivity index (χ2n) is 17.1. The Morgan fingerprint density at radius 1 is 0.640 bits per heavy atom. The lowest BCUT2D eigenvalue weighted by Gasteiger charge is -2.15. The third-order valence-electron chi connectivity index (χ3n) is 11.7. The lowest BCUT2D eigenvalue weighted by atomic mass is 10.0. The largest absolute Gasteiger partial charge is 0.505 e. The zero-order valence-electron chi connectivity index (χ0n) is 43.0. The number of anilines is 1. The number of carboxylic acids is 1. The van der Waals surface area contributed by atoms with Gasteiger partial charge in [-0.1, -0.05) is 11.6 Å². The summed E-state index contributed by atoms with van der Waals surface area (Å²) >= 11 is -0.0424. The first-order chi connectivity index (χ1) is 41.5. The summed E-state index contributed by atoms with van der Waals surface area (Å²) in [6.07, 6.45) is 0. The molecule has 0 unspecified atom stereocenters. The minimum atomic E-state index is -5.72. The Morgan fingerprint density at radius 3 is 1.83 bits per heavy atom.